The van der Waals surface area contributed by atoms with Gasteiger partial charge in [-0.2, -0.15) is 4.31 Å². The van der Waals surface area contributed by atoms with E-state index in [1.54, 1.807) is 29.2 Å². The minimum atomic E-state index is -3.58. The Morgan fingerprint density at radius 1 is 1.03 bits per heavy atom. The van der Waals surface area contributed by atoms with E-state index in [-0.39, 0.29) is 12.5 Å². The highest BCUT2D eigenvalue weighted by molar-refractivity contribution is 7.89. The molecule has 0 atom stereocenters. The lowest BCUT2D eigenvalue weighted by Crippen LogP contribution is -2.37. The van der Waals surface area contributed by atoms with Crippen molar-refractivity contribution < 1.29 is 13.2 Å². The summed E-state index contributed by atoms with van der Waals surface area (Å²) >= 11 is 1.41. The van der Waals surface area contributed by atoms with Gasteiger partial charge in [0.25, 0.3) is 5.91 Å². The molecule has 0 N–H and O–H groups in total. The molecule has 3 heterocycles. The van der Waals surface area contributed by atoms with Gasteiger partial charge in [0.2, 0.25) is 10.0 Å². The fourth-order valence-corrected chi connectivity index (χ4v) is 6.79. The summed E-state index contributed by atoms with van der Waals surface area (Å²) in [6.45, 7) is 9.41. The summed E-state index contributed by atoms with van der Waals surface area (Å²) in [4.78, 5) is 26.1. The minimum Gasteiger partial charge on any atom is -0.337 e. The average Bonchev–Trinajstić information content (AvgIpc) is 2.94. The van der Waals surface area contributed by atoms with Crippen LogP contribution < -0.4 is 0 Å². The lowest BCUT2D eigenvalue weighted by Gasteiger charge is -2.22. The summed E-state index contributed by atoms with van der Waals surface area (Å²) in [5.41, 5.74) is 2.82. The van der Waals surface area contributed by atoms with Crippen molar-refractivity contribution in [3.8, 4) is 0 Å². The molecule has 1 saturated heterocycles. The number of rotatable bonds is 4. The van der Waals surface area contributed by atoms with Crippen molar-refractivity contribution in [3.63, 3.8) is 0 Å². The van der Waals surface area contributed by atoms with Crippen LogP contribution >= 0.6 is 11.3 Å². The van der Waals surface area contributed by atoms with Crippen LogP contribution in [0.1, 0.15) is 45.7 Å². The lowest BCUT2D eigenvalue weighted by atomic mass is 10.1. The van der Waals surface area contributed by atoms with E-state index in [4.69, 9.17) is 0 Å². The SMILES string of the molecule is CCc1nc(C)c2c(C)c(C(=O)N3CCCN(S(=O)(=O)c4ccc(C)cc4)CC3)sc2n1. The number of aryl methyl sites for hydroxylation is 4. The number of benzene rings is 1. The topological polar surface area (TPSA) is 83.5 Å². The Morgan fingerprint density at radius 3 is 2.44 bits per heavy atom. The van der Waals surface area contributed by atoms with Crippen LogP contribution in [0.3, 0.4) is 0 Å². The molecule has 170 valence electrons. The zero-order chi connectivity index (χ0) is 23.0. The van der Waals surface area contributed by atoms with E-state index < -0.39 is 10.0 Å². The molecule has 32 heavy (non-hydrogen) atoms. The molecule has 1 aliphatic rings. The molecule has 1 amide bonds. The van der Waals surface area contributed by atoms with Crippen molar-refractivity contribution >= 4 is 37.5 Å². The molecule has 4 rings (SSSR count). The van der Waals surface area contributed by atoms with Crippen LogP contribution in [0, 0.1) is 20.8 Å². The smallest absolute Gasteiger partial charge is 0.264 e. The number of aromatic nitrogens is 2. The number of carbonyl (C=O) groups excluding carboxylic acids is 1. The molecule has 1 aliphatic heterocycles. The van der Waals surface area contributed by atoms with Crippen LogP contribution in [0.5, 0.6) is 0 Å². The number of carbonyl (C=O) groups is 1. The van der Waals surface area contributed by atoms with E-state index in [2.05, 4.69) is 9.97 Å². The highest BCUT2D eigenvalue weighted by Crippen LogP contribution is 2.32. The molecular formula is C23H28N4O3S2. The van der Waals surface area contributed by atoms with Gasteiger partial charge < -0.3 is 4.90 Å². The van der Waals surface area contributed by atoms with Gasteiger partial charge in [-0.15, -0.1) is 11.3 Å². The van der Waals surface area contributed by atoms with Gasteiger partial charge in [-0.05, 0) is 44.9 Å². The van der Waals surface area contributed by atoms with Gasteiger partial charge in [0.15, 0.2) is 0 Å². The predicted octanol–water partition coefficient (Wildman–Crippen LogP) is 3.72. The van der Waals surface area contributed by atoms with Crippen LogP contribution in [-0.2, 0) is 16.4 Å². The Hall–Kier alpha value is -2.36. The van der Waals surface area contributed by atoms with E-state index >= 15 is 0 Å². The normalized spacial score (nSPS) is 15.8. The quantitative estimate of drug-likeness (QED) is 0.578. The van der Waals surface area contributed by atoms with Crippen molar-refractivity contribution in [1.82, 2.24) is 19.2 Å². The van der Waals surface area contributed by atoms with Crippen molar-refractivity contribution in [1.29, 1.82) is 0 Å². The fourth-order valence-electron chi connectivity index (χ4n) is 4.10. The van der Waals surface area contributed by atoms with Crippen LogP contribution in [-0.4, -0.2) is 59.7 Å². The number of nitrogens with zero attached hydrogens (tertiary/aromatic N) is 4. The standard InChI is InChI=1S/C23H28N4O3S2/c1-5-19-24-17(4)20-16(3)21(31-22(20)25-19)23(28)26-11-6-12-27(14-13-26)32(29,30)18-9-7-15(2)8-10-18/h7-10H,5-6,11-14H2,1-4H3. The zero-order valence-corrected chi connectivity index (χ0v) is 20.5. The Kier molecular flexibility index (Phi) is 6.33. The third-order valence-corrected chi connectivity index (χ3v) is 9.02. The molecule has 1 fully saturated rings. The summed E-state index contributed by atoms with van der Waals surface area (Å²) in [6, 6.07) is 6.90. The average molecular weight is 473 g/mol. The van der Waals surface area contributed by atoms with Crippen molar-refractivity contribution in [2.24, 2.45) is 0 Å². The first kappa shape index (κ1) is 22.8. The highest BCUT2D eigenvalue weighted by Gasteiger charge is 2.30. The van der Waals surface area contributed by atoms with E-state index in [0.717, 1.165) is 39.3 Å². The highest BCUT2D eigenvalue weighted by atomic mass is 32.2. The summed E-state index contributed by atoms with van der Waals surface area (Å²) in [6.07, 6.45) is 1.34. The van der Waals surface area contributed by atoms with Crippen LogP contribution in [0.25, 0.3) is 10.2 Å². The number of amides is 1. The van der Waals surface area contributed by atoms with Gasteiger partial charge in [0.05, 0.1) is 9.77 Å². The second-order valence-electron chi connectivity index (χ2n) is 8.18. The molecule has 9 heteroatoms. The van der Waals surface area contributed by atoms with Gasteiger partial charge in [-0.25, -0.2) is 18.4 Å². The van der Waals surface area contributed by atoms with Crippen molar-refractivity contribution in [2.45, 2.75) is 45.4 Å². The molecule has 7 nitrogen and oxygen atoms in total. The number of fused-ring (bicyclic) bond motifs is 1. The van der Waals surface area contributed by atoms with Gasteiger partial charge in [0, 0.05) is 43.7 Å². The number of sulfonamides is 1. The van der Waals surface area contributed by atoms with Crippen LogP contribution in [0.4, 0.5) is 0 Å². The Bertz CT molecular complexity index is 1270. The maximum absolute atomic E-state index is 13.4. The van der Waals surface area contributed by atoms with E-state index in [1.807, 2.05) is 27.7 Å². The monoisotopic (exact) mass is 472 g/mol. The number of hydrogen-bond donors (Lipinski definition) is 0. The van der Waals surface area contributed by atoms with Crippen molar-refractivity contribution in [3.05, 3.63) is 51.8 Å². The summed E-state index contributed by atoms with van der Waals surface area (Å²) in [7, 11) is -3.58. The number of hydrogen-bond acceptors (Lipinski definition) is 6. The first-order valence-electron chi connectivity index (χ1n) is 10.8. The lowest BCUT2D eigenvalue weighted by molar-refractivity contribution is 0.0768. The second kappa shape index (κ2) is 8.88. The third kappa shape index (κ3) is 4.16. The molecule has 1 aromatic carbocycles. The Labute approximate surface area is 193 Å². The molecule has 0 aliphatic carbocycles. The third-order valence-electron chi connectivity index (χ3n) is 5.93. The molecule has 2 aromatic heterocycles. The molecule has 0 spiro atoms. The molecular weight excluding hydrogens is 444 g/mol. The van der Waals surface area contributed by atoms with Gasteiger partial charge >= 0.3 is 0 Å². The van der Waals surface area contributed by atoms with Crippen molar-refractivity contribution in [2.75, 3.05) is 26.2 Å². The molecule has 0 radical (unpaired) electrons. The maximum Gasteiger partial charge on any atom is 0.264 e. The van der Waals surface area contributed by atoms with Crippen LogP contribution in [0.15, 0.2) is 29.2 Å². The first-order valence-corrected chi connectivity index (χ1v) is 13.1. The van der Waals surface area contributed by atoms with E-state index in [1.165, 1.54) is 15.6 Å². The summed E-state index contributed by atoms with van der Waals surface area (Å²) < 4.78 is 27.6. The minimum absolute atomic E-state index is 0.0578. The molecule has 3 aromatic rings. The fraction of sp³-hybridized carbons (Fsp3) is 0.435. The summed E-state index contributed by atoms with van der Waals surface area (Å²) in [5.74, 6) is 0.722. The van der Waals surface area contributed by atoms with E-state index in [9.17, 15) is 13.2 Å². The van der Waals surface area contributed by atoms with Crippen LogP contribution in [0.2, 0.25) is 0 Å². The first-order chi connectivity index (χ1) is 15.2. The zero-order valence-electron chi connectivity index (χ0n) is 18.9. The maximum atomic E-state index is 13.4. The Balaban J connectivity index is 1.56. The van der Waals surface area contributed by atoms with E-state index in [0.29, 0.717) is 35.8 Å². The molecule has 0 unspecified atom stereocenters. The molecule has 0 saturated carbocycles. The Morgan fingerprint density at radius 2 is 1.75 bits per heavy atom. The van der Waals surface area contributed by atoms with Gasteiger partial charge in [-0.1, -0.05) is 24.6 Å². The largest absolute Gasteiger partial charge is 0.337 e. The molecule has 0 bridgehead atoms. The van der Waals surface area contributed by atoms with Gasteiger partial charge in [0.1, 0.15) is 10.7 Å². The number of thiophene rings is 1. The predicted molar refractivity (Wildman–Crippen MR) is 127 cm³/mol. The summed E-state index contributed by atoms with van der Waals surface area (Å²) in [5, 5.41) is 0.953. The van der Waals surface area contributed by atoms with Gasteiger partial charge in [-0.3, -0.25) is 4.79 Å². The second-order valence-corrected chi connectivity index (χ2v) is 11.1.